The van der Waals surface area contributed by atoms with Gasteiger partial charge in [-0.25, -0.2) is 4.79 Å². The molecule has 0 aromatic rings. The summed E-state index contributed by atoms with van der Waals surface area (Å²) in [5.74, 6) is 3.03. The zero-order valence-corrected chi connectivity index (χ0v) is 6.79. The van der Waals surface area contributed by atoms with Crippen LogP contribution in [0, 0.1) is 11.8 Å². The molecule has 0 saturated heterocycles. The lowest BCUT2D eigenvalue weighted by molar-refractivity contribution is -0.137. The molecular formula is C8H10O4. The average Bonchev–Trinajstić information content (AvgIpc) is 1.98. The van der Waals surface area contributed by atoms with Crippen molar-refractivity contribution >= 4 is 11.9 Å². The summed E-state index contributed by atoms with van der Waals surface area (Å²) in [5, 5.41) is 8.20. The van der Waals surface area contributed by atoms with Crippen molar-refractivity contribution < 1.29 is 19.4 Å². The van der Waals surface area contributed by atoms with E-state index >= 15 is 0 Å². The minimum atomic E-state index is -0.923. The number of hydrogen-bond donors (Lipinski definition) is 1. The van der Waals surface area contributed by atoms with Gasteiger partial charge in [-0.3, -0.25) is 4.79 Å². The van der Waals surface area contributed by atoms with Crippen molar-refractivity contribution in [3.8, 4) is 11.8 Å². The first kappa shape index (κ1) is 10.5. The van der Waals surface area contributed by atoms with E-state index in [0.29, 0.717) is 0 Å². The number of esters is 1. The molecule has 0 aliphatic heterocycles. The molecule has 12 heavy (non-hydrogen) atoms. The Morgan fingerprint density at radius 2 is 2.17 bits per heavy atom. The highest BCUT2D eigenvalue weighted by Gasteiger charge is 1.94. The van der Waals surface area contributed by atoms with Gasteiger partial charge in [-0.05, 0) is 6.92 Å². The molecule has 0 saturated carbocycles. The lowest BCUT2D eigenvalue weighted by Gasteiger charge is -1.90. The van der Waals surface area contributed by atoms with Crippen LogP contribution in [0.15, 0.2) is 0 Å². The van der Waals surface area contributed by atoms with Gasteiger partial charge in [-0.15, -0.1) is 0 Å². The topological polar surface area (TPSA) is 63.6 Å². The van der Waals surface area contributed by atoms with Crippen molar-refractivity contribution in [3.63, 3.8) is 0 Å². The fourth-order valence-electron chi connectivity index (χ4n) is 0.471. The van der Waals surface area contributed by atoms with Gasteiger partial charge in [0.25, 0.3) is 0 Å². The van der Waals surface area contributed by atoms with Gasteiger partial charge in [0.2, 0.25) is 0 Å². The first-order valence-electron chi connectivity index (χ1n) is 3.54. The zero-order valence-electron chi connectivity index (χ0n) is 6.79. The maximum atomic E-state index is 10.5. The van der Waals surface area contributed by atoms with Crippen molar-refractivity contribution in [1.29, 1.82) is 0 Å². The van der Waals surface area contributed by atoms with E-state index in [-0.39, 0.29) is 19.4 Å². The number of rotatable bonds is 3. The molecule has 0 aliphatic carbocycles. The molecule has 0 aromatic heterocycles. The van der Waals surface area contributed by atoms with E-state index in [1.54, 1.807) is 6.92 Å². The minimum absolute atomic E-state index is 0.0492. The molecule has 4 heteroatoms. The average molecular weight is 170 g/mol. The molecule has 0 rings (SSSR count). The molecule has 0 radical (unpaired) electrons. The number of aliphatic carboxylic acids is 1. The van der Waals surface area contributed by atoms with E-state index in [2.05, 4.69) is 16.6 Å². The summed E-state index contributed by atoms with van der Waals surface area (Å²) in [5.41, 5.74) is 0. The van der Waals surface area contributed by atoms with Crippen LogP contribution in [0.1, 0.15) is 19.8 Å². The fraction of sp³-hybridized carbons (Fsp3) is 0.500. The second kappa shape index (κ2) is 6.23. The number of hydrogen-bond acceptors (Lipinski definition) is 3. The van der Waals surface area contributed by atoms with Gasteiger partial charge in [-0.2, -0.15) is 0 Å². The van der Waals surface area contributed by atoms with Crippen molar-refractivity contribution in [2.24, 2.45) is 0 Å². The van der Waals surface area contributed by atoms with Gasteiger partial charge in [0, 0.05) is 12.3 Å². The van der Waals surface area contributed by atoms with Gasteiger partial charge < -0.3 is 9.84 Å². The third-order valence-electron chi connectivity index (χ3n) is 0.930. The highest BCUT2D eigenvalue weighted by molar-refractivity contribution is 5.88. The Balaban J connectivity index is 3.58. The van der Waals surface area contributed by atoms with Crippen molar-refractivity contribution in [3.05, 3.63) is 0 Å². The zero-order chi connectivity index (χ0) is 9.40. The van der Waals surface area contributed by atoms with E-state index in [1.807, 2.05) is 0 Å². The van der Waals surface area contributed by atoms with Crippen LogP contribution in [0.5, 0.6) is 0 Å². The smallest absolute Gasteiger partial charge is 0.384 e. The predicted molar refractivity (Wildman–Crippen MR) is 41.3 cm³/mol. The van der Waals surface area contributed by atoms with Gasteiger partial charge in [0.15, 0.2) is 0 Å². The second-order valence-electron chi connectivity index (χ2n) is 1.92. The summed E-state index contributed by atoms with van der Waals surface area (Å²) in [6.07, 6.45) is 0.126. The van der Waals surface area contributed by atoms with Crippen LogP contribution in [0.3, 0.4) is 0 Å². The van der Waals surface area contributed by atoms with E-state index < -0.39 is 11.9 Å². The van der Waals surface area contributed by atoms with Crippen LogP contribution >= 0.6 is 0 Å². The Hall–Kier alpha value is -1.50. The van der Waals surface area contributed by atoms with Crippen LogP contribution in [-0.4, -0.2) is 23.7 Å². The normalized spacial score (nSPS) is 8.08. The fourth-order valence-corrected chi connectivity index (χ4v) is 0.471. The lowest BCUT2D eigenvalue weighted by atomic mass is 10.3. The molecule has 0 spiro atoms. The van der Waals surface area contributed by atoms with Crippen molar-refractivity contribution in [2.75, 3.05) is 6.61 Å². The summed E-state index contributed by atoms with van der Waals surface area (Å²) in [7, 11) is 0. The quantitative estimate of drug-likeness (QED) is 0.378. The molecular weight excluding hydrogens is 160 g/mol. The summed E-state index contributed by atoms with van der Waals surface area (Å²) < 4.78 is 4.49. The van der Waals surface area contributed by atoms with Crippen LogP contribution in [0.4, 0.5) is 0 Å². The lowest BCUT2D eigenvalue weighted by Crippen LogP contribution is -1.99. The van der Waals surface area contributed by atoms with Gasteiger partial charge in [0.05, 0.1) is 13.0 Å². The molecule has 0 aliphatic rings. The van der Waals surface area contributed by atoms with Crippen LogP contribution < -0.4 is 0 Å². The van der Waals surface area contributed by atoms with Gasteiger partial charge in [-0.1, -0.05) is 5.92 Å². The van der Waals surface area contributed by atoms with E-state index in [0.717, 1.165) is 0 Å². The molecule has 0 heterocycles. The molecule has 1 N–H and O–H groups in total. The number of carboxylic acids is 1. The molecule has 0 fully saturated rings. The van der Waals surface area contributed by atoms with E-state index in [9.17, 15) is 9.59 Å². The van der Waals surface area contributed by atoms with Gasteiger partial charge >= 0.3 is 11.9 Å². The first-order valence-corrected chi connectivity index (χ1v) is 3.54. The highest BCUT2D eigenvalue weighted by Crippen LogP contribution is 1.85. The van der Waals surface area contributed by atoms with Crippen molar-refractivity contribution in [1.82, 2.24) is 0 Å². The molecule has 0 atom stereocenters. The molecule has 0 bridgehead atoms. The Labute approximate surface area is 70.5 Å². The summed E-state index contributed by atoms with van der Waals surface area (Å²) in [6.45, 7) is 1.96. The third kappa shape index (κ3) is 6.62. The standard InChI is InChI=1S/C8H10O4/c1-2-12-8(11)6-4-3-5-7(9)10/h2-3,5H2,1H3,(H,9,10). The Kier molecular flexibility index (Phi) is 5.45. The summed E-state index contributed by atoms with van der Waals surface area (Å²) in [4.78, 5) is 20.5. The monoisotopic (exact) mass is 170 g/mol. The largest absolute Gasteiger partial charge is 0.481 e. The van der Waals surface area contributed by atoms with Gasteiger partial charge in [0.1, 0.15) is 0 Å². The van der Waals surface area contributed by atoms with Crippen LogP contribution in [0.2, 0.25) is 0 Å². The maximum absolute atomic E-state index is 10.5. The molecule has 4 nitrogen and oxygen atoms in total. The number of carbonyl (C=O) groups excluding carboxylic acids is 1. The Morgan fingerprint density at radius 3 is 2.67 bits per heavy atom. The Morgan fingerprint density at radius 1 is 1.50 bits per heavy atom. The molecule has 0 unspecified atom stereocenters. The first-order chi connectivity index (χ1) is 5.66. The third-order valence-corrected chi connectivity index (χ3v) is 0.930. The second-order valence-corrected chi connectivity index (χ2v) is 1.92. The molecule has 0 amide bonds. The number of ether oxygens (including phenoxy) is 1. The summed E-state index contributed by atoms with van der Waals surface area (Å²) in [6, 6.07) is 0. The van der Waals surface area contributed by atoms with Crippen LogP contribution in [0.25, 0.3) is 0 Å². The van der Waals surface area contributed by atoms with E-state index in [4.69, 9.17) is 5.11 Å². The minimum Gasteiger partial charge on any atom is -0.481 e. The number of carbonyl (C=O) groups is 2. The maximum Gasteiger partial charge on any atom is 0.384 e. The van der Waals surface area contributed by atoms with Crippen molar-refractivity contribution in [2.45, 2.75) is 19.8 Å². The number of carboxylic acid groups (broad SMARTS) is 1. The highest BCUT2D eigenvalue weighted by atomic mass is 16.5. The Bertz CT molecular complexity index is 221. The molecule has 0 aromatic carbocycles. The summed E-state index contributed by atoms with van der Waals surface area (Å²) >= 11 is 0. The van der Waals surface area contributed by atoms with Crippen LogP contribution in [-0.2, 0) is 14.3 Å². The van der Waals surface area contributed by atoms with E-state index in [1.165, 1.54) is 0 Å². The SMILES string of the molecule is CCOC(=O)C#CCCC(=O)O. The molecule has 66 valence electrons. The predicted octanol–water partition coefficient (Wildman–Crippen LogP) is 0.418.